The number of pyridine rings is 1. The van der Waals surface area contributed by atoms with Gasteiger partial charge in [0.2, 0.25) is 0 Å². The average molecular weight is 457 g/mol. The molecule has 1 aliphatic rings. The molecule has 0 aliphatic carbocycles. The molecule has 34 heavy (non-hydrogen) atoms. The number of carbonyl (C=O) groups is 1. The summed E-state index contributed by atoms with van der Waals surface area (Å²) in [6, 6.07) is 18.1. The minimum atomic E-state index is -0.709. The van der Waals surface area contributed by atoms with Crippen molar-refractivity contribution in [3.63, 3.8) is 0 Å². The fraction of sp³-hybridized carbons (Fsp3) is 0.379. The first-order chi connectivity index (χ1) is 16.6. The van der Waals surface area contributed by atoms with Crippen molar-refractivity contribution in [3.05, 3.63) is 71.9 Å². The van der Waals surface area contributed by atoms with Gasteiger partial charge in [0.05, 0.1) is 19.2 Å². The fourth-order valence-corrected chi connectivity index (χ4v) is 4.99. The molecular weight excluding hydrogens is 424 g/mol. The van der Waals surface area contributed by atoms with Crippen LogP contribution < -0.4 is 4.74 Å². The SMILES string of the molecule is COc1ccc2nccc(CCC[C@@H]3CCN(CC#Cc4ccccc4)C[C@@H]3CC(=O)O)c2c1. The Labute approximate surface area is 201 Å². The van der Waals surface area contributed by atoms with Crippen molar-refractivity contribution in [2.24, 2.45) is 11.8 Å². The second-order valence-electron chi connectivity index (χ2n) is 9.05. The van der Waals surface area contributed by atoms with E-state index in [9.17, 15) is 9.90 Å². The van der Waals surface area contributed by atoms with E-state index in [2.05, 4.69) is 33.9 Å². The van der Waals surface area contributed by atoms with E-state index >= 15 is 0 Å². The number of likely N-dealkylation sites (tertiary alicyclic amines) is 1. The van der Waals surface area contributed by atoms with E-state index in [1.807, 2.05) is 48.7 Å². The lowest BCUT2D eigenvalue weighted by Crippen LogP contribution is -2.41. The summed E-state index contributed by atoms with van der Waals surface area (Å²) in [7, 11) is 1.68. The lowest BCUT2D eigenvalue weighted by Gasteiger charge is -2.37. The lowest BCUT2D eigenvalue weighted by atomic mass is 9.80. The normalized spacial score (nSPS) is 18.3. The molecule has 0 spiro atoms. The summed E-state index contributed by atoms with van der Waals surface area (Å²) in [4.78, 5) is 18.3. The molecule has 2 heterocycles. The molecule has 1 aliphatic heterocycles. The van der Waals surface area contributed by atoms with E-state index in [1.165, 1.54) is 5.56 Å². The lowest BCUT2D eigenvalue weighted by molar-refractivity contribution is -0.139. The van der Waals surface area contributed by atoms with E-state index in [4.69, 9.17) is 4.74 Å². The van der Waals surface area contributed by atoms with Crippen LogP contribution in [0.5, 0.6) is 5.75 Å². The van der Waals surface area contributed by atoms with Crippen LogP contribution in [0.2, 0.25) is 0 Å². The molecule has 1 fully saturated rings. The second-order valence-corrected chi connectivity index (χ2v) is 9.05. The van der Waals surface area contributed by atoms with Gasteiger partial charge in [-0.05, 0) is 86.0 Å². The number of fused-ring (bicyclic) bond motifs is 1. The third-order valence-electron chi connectivity index (χ3n) is 6.78. The number of nitrogens with zero attached hydrogens (tertiary/aromatic N) is 2. The van der Waals surface area contributed by atoms with Crippen molar-refractivity contribution in [3.8, 4) is 17.6 Å². The van der Waals surface area contributed by atoms with Gasteiger partial charge in [-0.25, -0.2) is 0 Å². The summed E-state index contributed by atoms with van der Waals surface area (Å²) in [6.07, 6.45) is 6.14. The third-order valence-corrected chi connectivity index (χ3v) is 6.78. The number of hydrogen-bond acceptors (Lipinski definition) is 4. The zero-order chi connectivity index (χ0) is 23.8. The molecule has 1 N–H and O–H groups in total. The van der Waals surface area contributed by atoms with E-state index in [-0.39, 0.29) is 12.3 Å². The van der Waals surface area contributed by atoms with Crippen LogP contribution >= 0.6 is 0 Å². The molecule has 1 saturated heterocycles. The minimum Gasteiger partial charge on any atom is -0.497 e. The van der Waals surface area contributed by atoms with Gasteiger partial charge in [-0.2, -0.15) is 0 Å². The van der Waals surface area contributed by atoms with Gasteiger partial charge in [0.1, 0.15) is 5.75 Å². The van der Waals surface area contributed by atoms with Crippen LogP contribution in [0.3, 0.4) is 0 Å². The molecule has 4 rings (SSSR count). The third kappa shape index (κ3) is 6.36. The molecule has 1 aromatic heterocycles. The van der Waals surface area contributed by atoms with Crippen molar-refractivity contribution in [2.45, 2.75) is 32.1 Å². The van der Waals surface area contributed by atoms with Crippen molar-refractivity contribution in [1.82, 2.24) is 9.88 Å². The molecule has 3 aromatic rings. The van der Waals surface area contributed by atoms with Crippen molar-refractivity contribution in [2.75, 3.05) is 26.7 Å². The van der Waals surface area contributed by atoms with Gasteiger partial charge < -0.3 is 9.84 Å². The Morgan fingerprint density at radius 1 is 1.18 bits per heavy atom. The van der Waals surface area contributed by atoms with Crippen LogP contribution in [0.4, 0.5) is 0 Å². The fourth-order valence-electron chi connectivity index (χ4n) is 4.99. The quantitative estimate of drug-likeness (QED) is 0.482. The maximum absolute atomic E-state index is 11.6. The highest BCUT2D eigenvalue weighted by molar-refractivity contribution is 5.83. The molecule has 0 bridgehead atoms. The van der Waals surface area contributed by atoms with Gasteiger partial charge in [0.25, 0.3) is 0 Å². The number of aryl methyl sites for hydroxylation is 1. The Bertz CT molecular complexity index is 1170. The Morgan fingerprint density at radius 2 is 2.03 bits per heavy atom. The topological polar surface area (TPSA) is 62.7 Å². The van der Waals surface area contributed by atoms with Crippen LogP contribution in [-0.4, -0.2) is 47.7 Å². The van der Waals surface area contributed by atoms with Crippen molar-refractivity contribution in [1.29, 1.82) is 0 Å². The molecule has 0 unspecified atom stereocenters. The summed E-state index contributed by atoms with van der Waals surface area (Å²) in [5.74, 6) is 7.20. The Balaban J connectivity index is 1.35. The first kappa shape index (κ1) is 23.8. The number of hydrogen-bond donors (Lipinski definition) is 1. The summed E-state index contributed by atoms with van der Waals surface area (Å²) in [5.41, 5.74) is 3.26. The smallest absolute Gasteiger partial charge is 0.303 e. The number of aromatic nitrogens is 1. The van der Waals surface area contributed by atoms with E-state index in [0.717, 1.165) is 61.0 Å². The number of aliphatic carboxylic acids is 1. The van der Waals surface area contributed by atoms with Gasteiger partial charge in [0.15, 0.2) is 0 Å². The summed E-state index contributed by atoms with van der Waals surface area (Å²) in [6.45, 7) is 2.46. The molecular formula is C29H32N2O3. The Morgan fingerprint density at radius 3 is 2.82 bits per heavy atom. The number of methoxy groups -OCH3 is 1. The first-order valence-corrected chi connectivity index (χ1v) is 12.0. The highest BCUT2D eigenvalue weighted by Crippen LogP contribution is 2.31. The number of carboxylic acid groups (broad SMARTS) is 1. The maximum Gasteiger partial charge on any atom is 0.303 e. The van der Waals surface area contributed by atoms with E-state index < -0.39 is 5.97 Å². The van der Waals surface area contributed by atoms with Gasteiger partial charge >= 0.3 is 5.97 Å². The van der Waals surface area contributed by atoms with Crippen molar-refractivity contribution >= 4 is 16.9 Å². The standard InChI is InChI=1S/C29H32N2O3/c1-34-26-12-13-28-27(20-26)24(14-16-30-28)11-5-10-23-15-18-31(21-25(23)19-29(32)33)17-6-9-22-7-3-2-4-8-22/h2-4,7-8,12-14,16,20,23,25H,5,10-11,15,17-19,21H2,1H3,(H,32,33)/t23-,25+/m1/s1. The minimum absolute atomic E-state index is 0.166. The zero-order valence-corrected chi connectivity index (χ0v) is 19.7. The highest BCUT2D eigenvalue weighted by atomic mass is 16.5. The largest absolute Gasteiger partial charge is 0.497 e. The van der Waals surface area contributed by atoms with Gasteiger partial charge in [-0.1, -0.05) is 30.0 Å². The maximum atomic E-state index is 11.6. The van der Waals surface area contributed by atoms with Gasteiger partial charge in [-0.15, -0.1) is 0 Å². The second kappa shape index (κ2) is 11.7. The predicted octanol–water partition coefficient (Wildman–Crippen LogP) is 5.03. The van der Waals surface area contributed by atoms with Crippen LogP contribution in [0.1, 0.15) is 36.8 Å². The number of benzene rings is 2. The molecule has 2 aromatic carbocycles. The summed E-state index contributed by atoms with van der Waals surface area (Å²) in [5, 5.41) is 10.6. The van der Waals surface area contributed by atoms with E-state index in [1.54, 1.807) is 7.11 Å². The molecule has 5 heteroatoms. The van der Waals surface area contributed by atoms with Gasteiger partial charge in [-0.3, -0.25) is 14.7 Å². The summed E-state index contributed by atoms with van der Waals surface area (Å²) < 4.78 is 5.39. The Hall–Kier alpha value is -3.36. The average Bonchev–Trinajstić information content (AvgIpc) is 2.85. The number of carboxylic acids is 1. The highest BCUT2D eigenvalue weighted by Gasteiger charge is 2.30. The molecule has 0 amide bonds. The molecule has 5 nitrogen and oxygen atoms in total. The summed E-state index contributed by atoms with van der Waals surface area (Å²) >= 11 is 0. The molecule has 176 valence electrons. The first-order valence-electron chi connectivity index (χ1n) is 12.0. The van der Waals surface area contributed by atoms with Crippen LogP contribution in [0.25, 0.3) is 10.9 Å². The number of piperidine rings is 1. The monoisotopic (exact) mass is 456 g/mol. The van der Waals surface area contributed by atoms with Crippen molar-refractivity contribution < 1.29 is 14.6 Å². The molecule has 2 atom stereocenters. The predicted molar refractivity (Wildman–Crippen MR) is 135 cm³/mol. The number of rotatable bonds is 8. The van der Waals surface area contributed by atoms with E-state index in [0.29, 0.717) is 12.5 Å². The van der Waals surface area contributed by atoms with Gasteiger partial charge in [0, 0.05) is 30.1 Å². The molecule has 0 radical (unpaired) electrons. The van der Waals surface area contributed by atoms with Crippen LogP contribution in [0, 0.1) is 23.7 Å². The Kier molecular flexibility index (Phi) is 8.17. The zero-order valence-electron chi connectivity index (χ0n) is 19.7. The van der Waals surface area contributed by atoms with Crippen LogP contribution in [0.15, 0.2) is 60.8 Å². The number of ether oxygens (including phenoxy) is 1. The molecule has 0 saturated carbocycles. The van der Waals surface area contributed by atoms with Crippen LogP contribution in [-0.2, 0) is 11.2 Å².